The maximum absolute atomic E-state index is 12.2. The second-order valence-corrected chi connectivity index (χ2v) is 7.76. The third kappa shape index (κ3) is 4.42. The van der Waals surface area contributed by atoms with Crippen LogP contribution in [-0.2, 0) is 4.74 Å². The molecular weight excluding hydrogens is 429 g/mol. The Morgan fingerprint density at radius 2 is 1.81 bits per heavy atom. The summed E-state index contributed by atoms with van der Waals surface area (Å²) >= 11 is 0. The molecule has 3 heterocycles. The third-order valence-corrected chi connectivity index (χ3v) is 5.52. The Kier molecular flexibility index (Phi) is 5.04. The number of nitrogens with two attached hydrogens (primary N) is 1. The van der Waals surface area contributed by atoms with Crippen molar-refractivity contribution in [2.24, 2.45) is 17.8 Å². The Hall–Kier alpha value is -3.48. The molecule has 0 radical (unpaired) electrons. The minimum Gasteiger partial charge on any atom is -0.372 e. The Morgan fingerprint density at radius 3 is 2.53 bits per heavy atom. The van der Waals surface area contributed by atoms with Crippen LogP contribution in [0.3, 0.4) is 0 Å². The standard InChI is InChI=1S/C19H19F3N8O2/c20-19(21,22)9-31-8-13-11-6-30(7-12(11)13)18-27-15(29-32-18)14-25-16(23)28-17(26-14)24-10-4-2-1-3-5-10/h1-5,11-13H,6-9H2,(H3,23,24,25,26,28). The first-order valence-electron chi connectivity index (χ1n) is 9.93. The topological polar surface area (TPSA) is 128 Å². The van der Waals surface area contributed by atoms with Gasteiger partial charge in [-0.15, -0.1) is 0 Å². The molecule has 10 nitrogen and oxygen atoms in total. The number of anilines is 4. The molecule has 1 saturated carbocycles. The van der Waals surface area contributed by atoms with E-state index in [1.807, 2.05) is 35.2 Å². The van der Waals surface area contributed by atoms with Gasteiger partial charge in [-0.25, -0.2) is 0 Å². The second-order valence-electron chi connectivity index (χ2n) is 7.76. The van der Waals surface area contributed by atoms with Gasteiger partial charge < -0.3 is 25.2 Å². The first kappa shape index (κ1) is 20.4. The van der Waals surface area contributed by atoms with Crippen LogP contribution in [-0.4, -0.2) is 57.6 Å². The molecule has 0 amide bonds. The van der Waals surface area contributed by atoms with Crippen molar-refractivity contribution >= 4 is 23.6 Å². The van der Waals surface area contributed by atoms with E-state index < -0.39 is 12.8 Å². The molecule has 0 bridgehead atoms. The summed E-state index contributed by atoms with van der Waals surface area (Å²) in [7, 11) is 0. The number of piperidine rings is 1. The number of halogens is 3. The van der Waals surface area contributed by atoms with E-state index in [2.05, 4.69) is 30.4 Å². The molecule has 1 saturated heterocycles. The lowest BCUT2D eigenvalue weighted by Crippen LogP contribution is -2.26. The minimum absolute atomic E-state index is 0.00361. The lowest BCUT2D eigenvalue weighted by Gasteiger charge is -2.16. The van der Waals surface area contributed by atoms with E-state index >= 15 is 0 Å². The van der Waals surface area contributed by atoms with Crippen molar-refractivity contribution in [3.63, 3.8) is 0 Å². The van der Waals surface area contributed by atoms with Crippen LogP contribution < -0.4 is 16.0 Å². The zero-order chi connectivity index (χ0) is 22.3. The van der Waals surface area contributed by atoms with Crippen LogP contribution in [0.25, 0.3) is 11.6 Å². The lowest BCUT2D eigenvalue weighted by molar-refractivity contribution is -0.175. The van der Waals surface area contributed by atoms with Crippen LogP contribution in [0.2, 0.25) is 0 Å². The first-order chi connectivity index (χ1) is 15.4. The minimum atomic E-state index is -4.30. The zero-order valence-corrected chi connectivity index (χ0v) is 16.7. The quantitative estimate of drug-likeness (QED) is 0.556. The lowest BCUT2D eigenvalue weighted by atomic mass is 10.3. The van der Waals surface area contributed by atoms with E-state index in [0.717, 1.165) is 5.69 Å². The highest BCUT2D eigenvalue weighted by Crippen LogP contribution is 2.52. The molecule has 13 heteroatoms. The van der Waals surface area contributed by atoms with Crippen LogP contribution in [0.1, 0.15) is 0 Å². The van der Waals surface area contributed by atoms with Gasteiger partial charge >= 0.3 is 12.2 Å². The van der Waals surface area contributed by atoms with Crippen LogP contribution >= 0.6 is 0 Å². The van der Waals surface area contributed by atoms with E-state index in [-0.39, 0.29) is 47.9 Å². The predicted molar refractivity (Wildman–Crippen MR) is 107 cm³/mol. The number of hydrogen-bond acceptors (Lipinski definition) is 10. The number of nitrogen functional groups attached to an aromatic ring is 1. The summed E-state index contributed by atoms with van der Waals surface area (Å²) in [5.74, 6) is 1.22. The van der Waals surface area contributed by atoms with Gasteiger partial charge in [0.2, 0.25) is 23.5 Å². The summed E-state index contributed by atoms with van der Waals surface area (Å²) in [6, 6.07) is 9.64. The molecule has 2 aliphatic rings. The van der Waals surface area contributed by atoms with Gasteiger partial charge in [0.25, 0.3) is 0 Å². The first-order valence-corrected chi connectivity index (χ1v) is 9.93. The average molecular weight is 448 g/mol. The molecule has 3 N–H and O–H groups in total. The average Bonchev–Trinajstić information content (AvgIpc) is 3.13. The Balaban J connectivity index is 1.21. The van der Waals surface area contributed by atoms with Gasteiger partial charge in [0.15, 0.2) is 0 Å². The molecule has 0 spiro atoms. The van der Waals surface area contributed by atoms with E-state index in [0.29, 0.717) is 19.1 Å². The van der Waals surface area contributed by atoms with Crippen molar-refractivity contribution in [1.29, 1.82) is 0 Å². The SMILES string of the molecule is Nc1nc(Nc2ccccc2)nc(-c2noc(N3CC4C(COCC(F)(F)F)C4C3)n2)n1. The molecule has 2 fully saturated rings. The number of nitrogens with zero attached hydrogens (tertiary/aromatic N) is 6. The van der Waals surface area contributed by atoms with Gasteiger partial charge in [-0.1, -0.05) is 23.4 Å². The van der Waals surface area contributed by atoms with Gasteiger partial charge in [0.05, 0.1) is 6.61 Å². The number of hydrogen-bond donors (Lipinski definition) is 2. The van der Waals surface area contributed by atoms with Crippen molar-refractivity contribution < 1.29 is 22.4 Å². The van der Waals surface area contributed by atoms with Crippen LogP contribution in [0.4, 0.5) is 36.8 Å². The zero-order valence-electron chi connectivity index (χ0n) is 16.7. The monoisotopic (exact) mass is 448 g/mol. The normalized spacial score (nSPS) is 22.1. The van der Waals surface area contributed by atoms with Gasteiger partial charge in [-0.3, -0.25) is 0 Å². The number of fused-ring (bicyclic) bond motifs is 1. The molecule has 1 aliphatic heterocycles. The highest BCUT2D eigenvalue weighted by atomic mass is 19.4. The number of rotatable bonds is 7. The van der Waals surface area contributed by atoms with Crippen LogP contribution in [0.15, 0.2) is 34.9 Å². The van der Waals surface area contributed by atoms with Crippen LogP contribution in [0, 0.1) is 17.8 Å². The fourth-order valence-electron chi connectivity index (χ4n) is 4.00. The molecular formula is C19H19F3N8O2. The largest absolute Gasteiger partial charge is 0.411 e. The Morgan fingerprint density at radius 1 is 1.06 bits per heavy atom. The number of nitrogens with one attached hydrogen (secondary N) is 1. The van der Waals surface area contributed by atoms with Crippen molar-refractivity contribution in [2.75, 3.05) is 42.3 Å². The molecule has 2 unspecified atom stereocenters. The van der Waals surface area contributed by atoms with Crippen molar-refractivity contribution in [2.45, 2.75) is 6.18 Å². The summed E-state index contributed by atoms with van der Waals surface area (Å²) in [6.07, 6.45) is -4.30. The molecule has 1 aromatic carbocycles. The highest BCUT2D eigenvalue weighted by Gasteiger charge is 2.56. The summed E-state index contributed by atoms with van der Waals surface area (Å²) in [6.45, 7) is 0.133. The van der Waals surface area contributed by atoms with Gasteiger partial charge in [0, 0.05) is 18.8 Å². The number of alkyl halides is 3. The number of aromatic nitrogens is 5. The Labute approximate surface area is 180 Å². The molecule has 3 aromatic rings. The smallest absolute Gasteiger partial charge is 0.372 e. The van der Waals surface area contributed by atoms with Gasteiger partial charge in [-0.05, 0) is 29.9 Å². The van der Waals surface area contributed by atoms with Crippen LogP contribution in [0.5, 0.6) is 0 Å². The number of para-hydroxylation sites is 1. The summed E-state index contributed by atoms with van der Waals surface area (Å²) in [5.41, 5.74) is 6.58. The molecule has 32 heavy (non-hydrogen) atoms. The fraction of sp³-hybridized carbons (Fsp3) is 0.421. The number of benzene rings is 1. The maximum Gasteiger partial charge on any atom is 0.411 e. The van der Waals surface area contributed by atoms with E-state index in [1.54, 1.807) is 0 Å². The molecule has 1 aliphatic carbocycles. The summed E-state index contributed by atoms with van der Waals surface area (Å²) in [5, 5.41) is 6.98. The molecule has 2 atom stereocenters. The van der Waals surface area contributed by atoms with E-state index in [4.69, 9.17) is 15.0 Å². The second kappa shape index (κ2) is 7.89. The van der Waals surface area contributed by atoms with E-state index in [1.165, 1.54) is 0 Å². The highest BCUT2D eigenvalue weighted by molar-refractivity contribution is 5.57. The summed E-state index contributed by atoms with van der Waals surface area (Å²) < 4.78 is 46.8. The molecule has 2 aromatic heterocycles. The van der Waals surface area contributed by atoms with Gasteiger partial charge in [-0.2, -0.15) is 33.1 Å². The molecule has 168 valence electrons. The van der Waals surface area contributed by atoms with Crippen molar-refractivity contribution in [3.8, 4) is 11.6 Å². The van der Waals surface area contributed by atoms with Crippen molar-refractivity contribution in [3.05, 3.63) is 30.3 Å². The van der Waals surface area contributed by atoms with E-state index in [9.17, 15) is 13.2 Å². The third-order valence-electron chi connectivity index (χ3n) is 5.52. The summed E-state index contributed by atoms with van der Waals surface area (Å²) in [4.78, 5) is 18.7. The number of ether oxygens (including phenoxy) is 1. The van der Waals surface area contributed by atoms with Crippen molar-refractivity contribution in [1.82, 2.24) is 25.1 Å². The fourth-order valence-corrected chi connectivity index (χ4v) is 4.00. The Bertz CT molecular complexity index is 1080. The maximum atomic E-state index is 12.2. The molecule has 5 rings (SSSR count). The van der Waals surface area contributed by atoms with Gasteiger partial charge in [0.1, 0.15) is 6.61 Å². The predicted octanol–water partition coefficient (Wildman–Crippen LogP) is 2.51.